The van der Waals surface area contributed by atoms with Crippen LogP contribution in [0.1, 0.15) is 6.42 Å². The second-order valence-corrected chi connectivity index (χ2v) is 11.4. The number of aliphatic hydroxyl groups excluding tert-OH is 2. The van der Waals surface area contributed by atoms with Crippen LogP contribution in [0, 0.1) is 0 Å². The lowest BCUT2D eigenvalue weighted by atomic mass is 10.1. The highest BCUT2D eigenvalue weighted by Crippen LogP contribution is 2.66. The first kappa shape index (κ1) is 24.8. The Morgan fingerprint density at radius 3 is 2.24 bits per heavy atom. The van der Waals surface area contributed by atoms with Crippen LogP contribution in [-0.2, 0) is 36.4 Å². The predicted octanol–water partition coefficient (Wildman–Crippen LogP) is -2.42. The molecular formula is C9H16N2O14P3S+. The Balaban J connectivity index is 2.01. The average molecular weight is 501 g/mol. The van der Waals surface area contributed by atoms with Crippen molar-refractivity contribution < 1.29 is 70.8 Å². The molecule has 0 aromatic carbocycles. The first-order chi connectivity index (χ1) is 13.1. The molecule has 2 unspecified atom stereocenters. The minimum absolute atomic E-state index is 0.497. The molecule has 2 aliphatic heterocycles. The Kier molecular flexibility index (Phi) is 7.62. The van der Waals surface area contributed by atoms with Gasteiger partial charge in [0.05, 0.1) is 18.0 Å². The van der Waals surface area contributed by atoms with Gasteiger partial charge in [0.25, 0.3) is 0 Å². The Hall–Kier alpha value is -0.510. The van der Waals surface area contributed by atoms with E-state index in [1.165, 1.54) is 0 Å². The highest BCUT2D eigenvalue weighted by Gasteiger charge is 2.50. The van der Waals surface area contributed by atoms with E-state index in [2.05, 4.69) is 18.5 Å². The van der Waals surface area contributed by atoms with Gasteiger partial charge in [-0.1, -0.05) is 0 Å². The van der Waals surface area contributed by atoms with E-state index in [-0.39, 0.29) is 0 Å². The summed E-state index contributed by atoms with van der Waals surface area (Å²) in [6.07, 6.45) is -2.64. The first-order valence-electron chi connectivity index (χ1n) is 7.34. The molecule has 166 valence electrons. The molecule has 2 aliphatic rings. The predicted molar refractivity (Wildman–Crippen MR) is 91.1 cm³/mol. The fourth-order valence-corrected chi connectivity index (χ4v) is 6.88. The average Bonchev–Trinajstić information content (AvgIpc) is 2.78. The molecule has 0 radical (unpaired) electrons. The molecule has 16 nitrogen and oxygen atoms in total. The monoisotopic (exact) mass is 501 g/mol. The van der Waals surface area contributed by atoms with Crippen LogP contribution in [0.4, 0.5) is 0 Å². The van der Waals surface area contributed by atoms with Gasteiger partial charge >= 0.3 is 35.3 Å². The first-order valence-corrected chi connectivity index (χ1v) is 12.8. The van der Waals surface area contributed by atoms with Crippen molar-refractivity contribution in [3.05, 3.63) is 0 Å². The van der Waals surface area contributed by atoms with E-state index in [9.17, 15) is 38.4 Å². The molecule has 2 heterocycles. The molecular weight excluding hydrogens is 485 g/mol. The highest BCUT2D eigenvalue weighted by atomic mass is 32.2. The van der Waals surface area contributed by atoms with Crippen LogP contribution in [0.3, 0.4) is 0 Å². The summed E-state index contributed by atoms with van der Waals surface area (Å²) in [6, 6.07) is 0. The third-order valence-corrected chi connectivity index (χ3v) is 8.75. The Bertz CT molecular complexity index is 857. The fraction of sp³-hybridized carbons (Fsp3) is 0.667. The van der Waals surface area contributed by atoms with Gasteiger partial charge < -0.3 is 29.8 Å². The smallest absolute Gasteiger partial charge is 0.389 e. The summed E-state index contributed by atoms with van der Waals surface area (Å²) in [7, 11) is -16.6. The van der Waals surface area contributed by atoms with Gasteiger partial charge in [-0.25, -0.2) is 28.6 Å². The number of phosphoric ester groups is 1. The topological polar surface area (TPSA) is 249 Å². The largest absolute Gasteiger partial charge is 0.490 e. The van der Waals surface area contributed by atoms with E-state index in [1.54, 1.807) is 0 Å². The van der Waals surface area contributed by atoms with Crippen molar-refractivity contribution in [3.8, 4) is 0 Å². The van der Waals surface area contributed by atoms with Gasteiger partial charge in [0.2, 0.25) is 6.34 Å². The van der Waals surface area contributed by atoms with Crippen LogP contribution in [0.15, 0.2) is 0 Å². The molecule has 2 rings (SSSR count). The number of hydrogen-bond acceptors (Lipinski definition) is 11. The number of rotatable bonds is 8. The third kappa shape index (κ3) is 7.01. The maximum absolute atomic E-state index is 11.9. The van der Waals surface area contributed by atoms with Crippen LogP contribution in [0.5, 0.6) is 0 Å². The SMILES string of the molecule is O=C1CC(=O)[N+]([C@@H]2S[C@H](COP(=O)(O)OP(=O)(O)OP(=O)(O)O)[C@@H](O)[C@H]2O)=CN1. The summed E-state index contributed by atoms with van der Waals surface area (Å²) < 4.78 is 46.0. The van der Waals surface area contributed by atoms with Crippen LogP contribution in [-0.4, -0.2) is 82.0 Å². The quantitative estimate of drug-likeness (QED) is 0.104. The van der Waals surface area contributed by atoms with Gasteiger partial charge in [0.15, 0.2) is 11.8 Å². The molecule has 0 aromatic rings. The molecule has 0 spiro atoms. The van der Waals surface area contributed by atoms with Crippen molar-refractivity contribution in [2.24, 2.45) is 0 Å². The second-order valence-electron chi connectivity index (χ2n) is 5.61. The molecule has 2 amide bonds. The molecule has 0 bridgehead atoms. The van der Waals surface area contributed by atoms with Gasteiger partial charge in [-0.3, -0.25) is 4.52 Å². The normalized spacial score (nSPS) is 32.3. The summed E-state index contributed by atoms with van der Waals surface area (Å²) in [5.74, 6) is -1.25. The maximum Gasteiger partial charge on any atom is 0.490 e. The minimum atomic E-state index is -5.69. The molecule has 0 saturated carbocycles. The second kappa shape index (κ2) is 8.93. The number of amides is 2. The maximum atomic E-state index is 11.9. The van der Waals surface area contributed by atoms with E-state index in [0.717, 1.165) is 22.7 Å². The van der Waals surface area contributed by atoms with Crippen molar-refractivity contribution in [1.29, 1.82) is 0 Å². The van der Waals surface area contributed by atoms with E-state index < -0.39 is 71.1 Å². The summed E-state index contributed by atoms with van der Waals surface area (Å²) >= 11 is 0.729. The summed E-state index contributed by atoms with van der Waals surface area (Å²) in [5, 5.41) is 20.2. The van der Waals surface area contributed by atoms with Crippen molar-refractivity contribution in [2.45, 2.75) is 29.3 Å². The zero-order chi connectivity index (χ0) is 22.2. The molecule has 1 saturated heterocycles. The highest BCUT2D eigenvalue weighted by molar-refractivity contribution is 8.00. The zero-order valence-corrected chi connectivity index (χ0v) is 17.4. The van der Waals surface area contributed by atoms with Gasteiger partial charge in [-0.15, -0.1) is 11.8 Å². The van der Waals surface area contributed by atoms with Gasteiger partial charge in [0.1, 0.15) is 6.10 Å². The number of thioether (sulfide) groups is 1. The lowest BCUT2D eigenvalue weighted by Crippen LogP contribution is -2.47. The third-order valence-electron chi connectivity index (χ3n) is 3.39. The fourth-order valence-electron chi connectivity index (χ4n) is 2.28. The number of nitrogens with one attached hydrogen (secondary N) is 1. The van der Waals surface area contributed by atoms with Crippen LogP contribution < -0.4 is 5.32 Å². The Morgan fingerprint density at radius 1 is 1.07 bits per heavy atom. The Labute approximate surface area is 166 Å². The van der Waals surface area contributed by atoms with Gasteiger partial charge in [0, 0.05) is 0 Å². The summed E-state index contributed by atoms with van der Waals surface area (Å²) in [6.45, 7) is -0.850. The van der Waals surface area contributed by atoms with Crippen molar-refractivity contribution >= 4 is 53.4 Å². The van der Waals surface area contributed by atoms with Gasteiger partial charge in [-0.2, -0.15) is 13.2 Å². The number of phosphoric acid groups is 3. The molecule has 1 fully saturated rings. The molecule has 7 N–H and O–H groups in total. The number of carbonyl (C=O) groups is 2. The molecule has 29 heavy (non-hydrogen) atoms. The lowest BCUT2D eigenvalue weighted by Gasteiger charge is -2.18. The molecule has 0 aliphatic carbocycles. The van der Waals surface area contributed by atoms with Crippen LogP contribution in [0.25, 0.3) is 0 Å². The van der Waals surface area contributed by atoms with E-state index >= 15 is 0 Å². The van der Waals surface area contributed by atoms with E-state index in [0.29, 0.717) is 0 Å². The van der Waals surface area contributed by atoms with Crippen molar-refractivity contribution in [2.75, 3.05) is 6.61 Å². The zero-order valence-electron chi connectivity index (χ0n) is 13.9. The summed E-state index contributed by atoms with van der Waals surface area (Å²) in [4.78, 5) is 58.4. The Morgan fingerprint density at radius 2 is 1.69 bits per heavy atom. The molecule has 0 aromatic heterocycles. The molecule has 6 atom stereocenters. The number of hydrogen-bond donors (Lipinski definition) is 7. The molecule has 20 heteroatoms. The standard InChI is InChI=1S/C9H15N2O14P3S/c12-5-1-6(13)11(3-10-5)9-8(15)7(14)4(29-9)2-23-27(19,20)25-28(21,22)24-26(16,17)18/h3-4,7-9,14-15H,1-2H2,(H4,16,17,18,19,20,21,22)/p+1/t4-,7-,8-,9-/m1/s1. The van der Waals surface area contributed by atoms with E-state index in [4.69, 9.17) is 14.7 Å². The van der Waals surface area contributed by atoms with Crippen molar-refractivity contribution in [1.82, 2.24) is 5.32 Å². The lowest BCUT2D eigenvalue weighted by molar-refractivity contribution is -0.473. The minimum Gasteiger partial charge on any atom is -0.389 e. The number of nitrogens with zero attached hydrogens (tertiary/aromatic N) is 1. The van der Waals surface area contributed by atoms with Crippen LogP contribution in [0.2, 0.25) is 0 Å². The number of carbonyl (C=O) groups excluding carboxylic acids is 2. The van der Waals surface area contributed by atoms with Crippen molar-refractivity contribution in [3.63, 3.8) is 0 Å². The van der Waals surface area contributed by atoms with Crippen LogP contribution >= 0.6 is 35.2 Å². The summed E-state index contributed by atoms with van der Waals surface area (Å²) in [5.41, 5.74) is 0. The number of aliphatic hydroxyl groups is 2. The van der Waals surface area contributed by atoms with Gasteiger partial charge in [-0.05, 0) is 0 Å². The van der Waals surface area contributed by atoms with E-state index in [1.807, 2.05) is 0 Å².